The lowest BCUT2D eigenvalue weighted by atomic mass is 10.0. The van der Waals surface area contributed by atoms with E-state index in [4.69, 9.17) is 25.9 Å². The molecule has 0 unspecified atom stereocenters. The zero-order chi connectivity index (χ0) is 24.4. The van der Waals surface area contributed by atoms with E-state index in [-0.39, 0.29) is 27.7 Å². The predicted molar refractivity (Wildman–Crippen MR) is 123 cm³/mol. The van der Waals surface area contributed by atoms with Crippen molar-refractivity contribution in [3.63, 3.8) is 0 Å². The Bertz CT molecular complexity index is 1490. The van der Waals surface area contributed by atoms with Crippen molar-refractivity contribution in [1.29, 1.82) is 0 Å². The first-order valence-electron chi connectivity index (χ1n) is 9.91. The molecule has 4 rings (SSSR count). The third-order valence-corrected chi connectivity index (χ3v) is 5.19. The van der Waals surface area contributed by atoms with E-state index in [0.29, 0.717) is 16.5 Å². The number of fused-ring (bicyclic) bond motifs is 1. The van der Waals surface area contributed by atoms with Crippen molar-refractivity contribution < 1.29 is 28.2 Å². The van der Waals surface area contributed by atoms with E-state index in [0.717, 1.165) is 6.07 Å². The van der Waals surface area contributed by atoms with Crippen molar-refractivity contribution >= 4 is 40.3 Å². The van der Waals surface area contributed by atoms with Gasteiger partial charge in [0.2, 0.25) is 0 Å². The summed E-state index contributed by atoms with van der Waals surface area (Å²) >= 11 is 6.17. The van der Waals surface area contributed by atoms with E-state index in [1.807, 2.05) is 0 Å². The molecule has 0 aliphatic carbocycles. The molecule has 0 bridgehead atoms. The normalized spacial score (nSPS) is 11.7. The highest BCUT2D eigenvalue weighted by atomic mass is 35.5. The third-order valence-electron chi connectivity index (χ3n) is 4.88. The Morgan fingerprint density at radius 3 is 2.65 bits per heavy atom. The van der Waals surface area contributed by atoms with Gasteiger partial charge in [-0.05, 0) is 49.4 Å². The standard InChI is InChI=1S/C24H16ClFN2O6/c1-12(23(30)28-21-8-13(24(31)32)6-7-27-21)33-15-3-5-17-18(11-22(29)34-20(17)10-15)16-4-2-14(26)9-19(16)25/h2-12H,1H3,(H,31,32)(H,27,28,30)/t12-/m1/s1. The molecule has 8 nitrogen and oxygen atoms in total. The Morgan fingerprint density at radius 2 is 1.91 bits per heavy atom. The van der Waals surface area contributed by atoms with Crippen LogP contribution in [0.2, 0.25) is 5.02 Å². The van der Waals surface area contributed by atoms with Crippen LogP contribution in [0.15, 0.2) is 70.0 Å². The summed E-state index contributed by atoms with van der Waals surface area (Å²) in [7, 11) is 0. The fourth-order valence-electron chi connectivity index (χ4n) is 3.26. The number of hydrogen-bond donors (Lipinski definition) is 2. The molecule has 2 aromatic carbocycles. The molecule has 2 heterocycles. The largest absolute Gasteiger partial charge is 0.481 e. The van der Waals surface area contributed by atoms with E-state index < -0.39 is 29.4 Å². The number of ether oxygens (including phenoxy) is 1. The maximum absolute atomic E-state index is 13.4. The molecule has 0 saturated carbocycles. The second kappa shape index (κ2) is 9.32. The molecule has 0 aliphatic rings. The molecule has 172 valence electrons. The van der Waals surface area contributed by atoms with Crippen molar-refractivity contribution in [2.75, 3.05) is 5.32 Å². The minimum atomic E-state index is -1.15. The van der Waals surface area contributed by atoms with Gasteiger partial charge >= 0.3 is 11.6 Å². The second-order valence-electron chi connectivity index (χ2n) is 7.25. The summed E-state index contributed by atoms with van der Waals surface area (Å²) in [6, 6.07) is 12.3. The van der Waals surface area contributed by atoms with Crippen molar-refractivity contribution in [3.8, 4) is 16.9 Å². The highest BCUT2D eigenvalue weighted by Crippen LogP contribution is 2.34. The van der Waals surface area contributed by atoms with Gasteiger partial charge in [0, 0.05) is 34.8 Å². The molecule has 10 heteroatoms. The van der Waals surface area contributed by atoms with Crippen molar-refractivity contribution in [1.82, 2.24) is 4.98 Å². The van der Waals surface area contributed by atoms with E-state index in [9.17, 15) is 18.8 Å². The van der Waals surface area contributed by atoms with Crippen LogP contribution in [0.5, 0.6) is 5.75 Å². The summed E-state index contributed by atoms with van der Waals surface area (Å²) in [6.45, 7) is 1.49. The average Bonchev–Trinajstić information content (AvgIpc) is 2.78. The number of hydrogen-bond acceptors (Lipinski definition) is 6. The van der Waals surface area contributed by atoms with Crippen LogP contribution in [0.4, 0.5) is 10.2 Å². The average molecular weight is 483 g/mol. The van der Waals surface area contributed by atoms with Gasteiger partial charge in [-0.1, -0.05) is 11.6 Å². The van der Waals surface area contributed by atoms with Crippen LogP contribution in [0, 0.1) is 5.82 Å². The Kier molecular flexibility index (Phi) is 6.29. The molecule has 0 spiro atoms. The Morgan fingerprint density at radius 1 is 1.12 bits per heavy atom. The zero-order valence-corrected chi connectivity index (χ0v) is 18.3. The molecule has 1 atom stereocenters. The molecular weight excluding hydrogens is 467 g/mol. The molecule has 2 aromatic heterocycles. The number of pyridine rings is 1. The summed E-state index contributed by atoms with van der Waals surface area (Å²) in [4.78, 5) is 39.6. The minimum absolute atomic E-state index is 0.0273. The van der Waals surface area contributed by atoms with Crippen LogP contribution in [-0.4, -0.2) is 28.1 Å². The SMILES string of the molecule is C[C@@H](Oc1ccc2c(-c3ccc(F)cc3Cl)cc(=O)oc2c1)C(=O)Nc1cc(C(=O)O)ccn1. The molecule has 4 aromatic rings. The number of aromatic nitrogens is 1. The van der Waals surface area contributed by atoms with E-state index in [2.05, 4.69) is 10.3 Å². The van der Waals surface area contributed by atoms with E-state index in [1.165, 1.54) is 49.5 Å². The molecule has 0 fully saturated rings. The quantitative estimate of drug-likeness (QED) is 0.380. The summed E-state index contributed by atoms with van der Waals surface area (Å²) in [5.74, 6) is -1.92. The molecule has 1 amide bonds. The van der Waals surface area contributed by atoms with Gasteiger partial charge in [0.1, 0.15) is 23.0 Å². The van der Waals surface area contributed by atoms with Crippen LogP contribution in [0.1, 0.15) is 17.3 Å². The zero-order valence-electron chi connectivity index (χ0n) is 17.5. The van der Waals surface area contributed by atoms with Crippen LogP contribution >= 0.6 is 11.6 Å². The lowest BCUT2D eigenvalue weighted by Gasteiger charge is -2.15. The Labute approximate surface area is 196 Å². The number of anilines is 1. The molecule has 0 aliphatic heterocycles. The summed E-state index contributed by atoms with van der Waals surface area (Å²) in [5.41, 5.74) is 0.427. The highest BCUT2D eigenvalue weighted by molar-refractivity contribution is 6.33. The number of carboxylic acid groups (broad SMARTS) is 1. The van der Waals surface area contributed by atoms with Crippen molar-refractivity contribution in [2.45, 2.75) is 13.0 Å². The van der Waals surface area contributed by atoms with Crippen LogP contribution in [0.3, 0.4) is 0 Å². The first-order chi connectivity index (χ1) is 16.2. The third kappa shape index (κ3) is 4.89. The topological polar surface area (TPSA) is 119 Å². The maximum Gasteiger partial charge on any atom is 0.336 e. The first-order valence-corrected chi connectivity index (χ1v) is 10.3. The van der Waals surface area contributed by atoms with Gasteiger partial charge in [-0.3, -0.25) is 4.79 Å². The number of carbonyl (C=O) groups is 2. The van der Waals surface area contributed by atoms with Crippen LogP contribution in [-0.2, 0) is 4.79 Å². The summed E-state index contributed by atoms with van der Waals surface area (Å²) < 4.78 is 24.4. The number of benzene rings is 2. The molecule has 0 saturated heterocycles. The molecular formula is C24H16ClFN2O6. The number of carboxylic acids is 1. The maximum atomic E-state index is 13.4. The molecule has 0 radical (unpaired) electrons. The predicted octanol–water partition coefficient (Wildman–Crippen LogP) is 4.75. The van der Waals surface area contributed by atoms with Gasteiger partial charge < -0.3 is 19.6 Å². The van der Waals surface area contributed by atoms with Gasteiger partial charge in [-0.15, -0.1) is 0 Å². The van der Waals surface area contributed by atoms with Crippen molar-refractivity contribution in [3.05, 3.63) is 87.6 Å². The van der Waals surface area contributed by atoms with E-state index in [1.54, 1.807) is 12.1 Å². The number of carbonyl (C=O) groups excluding carboxylic acids is 1. The van der Waals surface area contributed by atoms with Gasteiger partial charge in [0.15, 0.2) is 6.10 Å². The molecule has 2 N–H and O–H groups in total. The number of aromatic carboxylic acids is 1. The lowest BCUT2D eigenvalue weighted by molar-refractivity contribution is -0.122. The second-order valence-corrected chi connectivity index (χ2v) is 7.65. The fraction of sp³-hybridized carbons (Fsp3) is 0.0833. The van der Waals surface area contributed by atoms with Gasteiger partial charge in [0.25, 0.3) is 5.91 Å². The monoisotopic (exact) mass is 482 g/mol. The Balaban J connectivity index is 1.58. The van der Waals surface area contributed by atoms with Crippen LogP contribution in [0.25, 0.3) is 22.1 Å². The smallest absolute Gasteiger partial charge is 0.336 e. The van der Waals surface area contributed by atoms with Crippen molar-refractivity contribution in [2.24, 2.45) is 0 Å². The Hall–Kier alpha value is -4.24. The number of halogens is 2. The van der Waals surface area contributed by atoms with E-state index >= 15 is 0 Å². The van der Waals surface area contributed by atoms with Gasteiger partial charge in [-0.25, -0.2) is 19.0 Å². The number of nitrogens with zero attached hydrogens (tertiary/aromatic N) is 1. The van der Waals surface area contributed by atoms with Crippen LogP contribution < -0.4 is 15.7 Å². The number of amides is 1. The fourth-order valence-corrected chi connectivity index (χ4v) is 3.53. The first kappa shape index (κ1) is 22.9. The number of rotatable bonds is 6. The minimum Gasteiger partial charge on any atom is -0.481 e. The summed E-state index contributed by atoms with van der Waals surface area (Å²) in [6.07, 6.45) is 0.273. The van der Waals surface area contributed by atoms with Gasteiger partial charge in [-0.2, -0.15) is 0 Å². The van der Waals surface area contributed by atoms with Gasteiger partial charge in [0.05, 0.1) is 10.6 Å². The molecule has 34 heavy (non-hydrogen) atoms. The summed E-state index contributed by atoms with van der Waals surface area (Å²) in [5, 5.41) is 12.2. The highest BCUT2D eigenvalue weighted by Gasteiger charge is 2.18. The number of nitrogens with one attached hydrogen (secondary N) is 1. The lowest BCUT2D eigenvalue weighted by Crippen LogP contribution is -2.30.